The Labute approximate surface area is 134 Å². The van der Waals surface area contributed by atoms with E-state index < -0.39 is 0 Å². The number of aliphatic hydroxyl groups excluding tert-OH is 1. The number of rotatable bonds is 7. The molecule has 0 aliphatic heterocycles. The van der Waals surface area contributed by atoms with Crippen molar-refractivity contribution in [3.8, 4) is 0 Å². The SMILES string of the molecule is CC(C)N(CCCO)c1ccc(CNC(C)(C)C)cc1Cl. The fourth-order valence-corrected chi connectivity index (χ4v) is 2.47. The summed E-state index contributed by atoms with van der Waals surface area (Å²) in [5, 5.41) is 13.3. The molecule has 1 rings (SSSR count). The predicted octanol–water partition coefficient (Wildman–Crippen LogP) is 3.83. The summed E-state index contributed by atoms with van der Waals surface area (Å²) in [4.78, 5) is 2.24. The maximum atomic E-state index is 9.04. The molecule has 0 spiro atoms. The fourth-order valence-electron chi connectivity index (χ4n) is 2.16. The molecule has 0 unspecified atom stereocenters. The van der Waals surface area contributed by atoms with Crippen LogP contribution in [0.4, 0.5) is 5.69 Å². The van der Waals surface area contributed by atoms with Crippen LogP contribution >= 0.6 is 11.6 Å². The van der Waals surface area contributed by atoms with Crippen LogP contribution in [0.5, 0.6) is 0 Å². The molecule has 120 valence electrons. The van der Waals surface area contributed by atoms with Crippen LogP contribution in [-0.2, 0) is 6.54 Å². The van der Waals surface area contributed by atoms with Crippen LogP contribution in [0.2, 0.25) is 5.02 Å². The van der Waals surface area contributed by atoms with E-state index in [0.29, 0.717) is 6.04 Å². The lowest BCUT2D eigenvalue weighted by molar-refractivity contribution is 0.288. The van der Waals surface area contributed by atoms with Crippen LogP contribution in [-0.4, -0.2) is 29.8 Å². The molecule has 0 aliphatic rings. The molecule has 0 aromatic heterocycles. The van der Waals surface area contributed by atoms with Gasteiger partial charge in [0.15, 0.2) is 0 Å². The van der Waals surface area contributed by atoms with Crippen molar-refractivity contribution in [2.24, 2.45) is 0 Å². The summed E-state index contributed by atoms with van der Waals surface area (Å²) in [6.45, 7) is 12.6. The van der Waals surface area contributed by atoms with Crippen molar-refractivity contribution in [2.75, 3.05) is 18.1 Å². The van der Waals surface area contributed by atoms with Crippen LogP contribution in [0, 0.1) is 0 Å². The maximum absolute atomic E-state index is 9.04. The summed E-state index contributed by atoms with van der Waals surface area (Å²) in [5.41, 5.74) is 2.32. The van der Waals surface area contributed by atoms with E-state index in [9.17, 15) is 0 Å². The molecule has 0 aliphatic carbocycles. The Morgan fingerprint density at radius 1 is 1.29 bits per heavy atom. The quantitative estimate of drug-likeness (QED) is 0.803. The first-order valence-corrected chi connectivity index (χ1v) is 8.03. The van der Waals surface area contributed by atoms with Crippen LogP contribution in [0.3, 0.4) is 0 Å². The van der Waals surface area contributed by atoms with Crippen molar-refractivity contribution in [1.82, 2.24) is 5.32 Å². The van der Waals surface area contributed by atoms with Crippen LogP contribution in [0.25, 0.3) is 0 Å². The molecule has 0 amide bonds. The van der Waals surface area contributed by atoms with E-state index >= 15 is 0 Å². The zero-order chi connectivity index (χ0) is 16.0. The number of hydrogen-bond acceptors (Lipinski definition) is 3. The van der Waals surface area contributed by atoms with Crippen molar-refractivity contribution in [2.45, 2.75) is 59.2 Å². The van der Waals surface area contributed by atoms with Gasteiger partial charge in [-0.25, -0.2) is 0 Å². The van der Waals surface area contributed by atoms with Crippen molar-refractivity contribution in [1.29, 1.82) is 0 Å². The molecule has 0 saturated heterocycles. The molecular formula is C17H29ClN2O. The van der Waals surface area contributed by atoms with E-state index in [-0.39, 0.29) is 12.1 Å². The lowest BCUT2D eigenvalue weighted by Crippen LogP contribution is -2.35. The van der Waals surface area contributed by atoms with Gasteiger partial charge >= 0.3 is 0 Å². The minimum absolute atomic E-state index is 0.0935. The Bertz CT molecular complexity index is 441. The van der Waals surface area contributed by atoms with E-state index in [2.05, 4.69) is 57.0 Å². The van der Waals surface area contributed by atoms with E-state index in [1.165, 1.54) is 5.56 Å². The second-order valence-electron chi connectivity index (χ2n) is 6.75. The Morgan fingerprint density at radius 2 is 1.95 bits per heavy atom. The summed E-state index contributed by atoms with van der Waals surface area (Å²) in [6.07, 6.45) is 0.752. The molecule has 1 aromatic carbocycles. The predicted molar refractivity (Wildman–Crippen MR) is 92.2 cm³/mol. The van der Waals surface area contributed by atoms with Gasteiger partial charge in [0.1, 0.15) is 0 Å². The van der Waals surface area contributed by atoms with Crippen molar-refractivity contribution < 1.29 is 5.11 Å². The van der Waals surface area contributed by atoms with Crippen LogP contribution in [0.15, 0.2) is 18.2 Å². The Kier molecular flexibility index (Phi) is 6.98. The summed E-state index contributed by atoms with van der Waals surface area (Å²) in [5.74, 6) is 0. The number of hydrogen-bond donors (Lipinski definition) is 2. The first-order chi connectivity index (χ1) is 9.74. The Balaban J connectivity index is 2.84. The van der Waals surface area contributed by atoms with Crippen molar-refractivity contribution in [3.63, 3.8) is 0 Å². The standard InChI is InChI=1S/C17H29ClN2O/c1-13(2)20(9-6-10-21)16-8-7-14(11-15(16)18)12-19-17(3,4)5/h7-8,11,13,19,21H,6,9-10,12H2,1-5H3. The molecule has 0 saturated carbocycles. The molecular weight excluding hydrogens is 284 g/mol. The second-order valence-corrected chi connectivity index (χ2v) is 7.16. The lowest BCUT2D eigenvalue weighted by atomic mass is 10.1. The van der Waals surface area contributed by atoms with Crippen molar-refractivity contribution in [3.05, 3.63) is 28.8 Å². The monoisotopic (exact) mass is 312 g/mol. The smallest absolute Gasteiger partial charge is 0.0642 e. The molecule has 3 nitrogen and oxygen atoms in total. The van der Waals surface area contributed by atoms with E-state index in [1.54, 1.807) is 0 Å². The first-order valence-electron chi connectivity index (χ1n) is 7.65. The summed E-state index contributed by atoms with van der Waals surface area (Å²) >= 11 is 6.47. The van der Waals surface area contributed by atoms with Gasteiger partial charge in [-0.3, -0.25) is 0 Å². The van der Waals surface area contributed by atoms with Gasteiger partial charge in [-0.2, -0.15) is 0 Å². The normalized spacial score (nSPS) is 12.0. The topological polar surface area (TPSA) is 35.5 Å². The van der Waals surface area contributed by atoms with Gasteiger partial charge in [0.2, 0.25) is 0 Å². The van der Waals surface area contributed by atoms with E-state index in [4.69, 9.17) is 16.7 Å². The average molecular weight is 313 g/mol. The van der Waals surface area contributed by atoms with Crippen LogP contribution in [0.1, 0.15) is 46.6 Å². The first kappa shape index (κ1) is 18.3. The number of anilines is 1. The molecule has 1 aromatic rings. The molecule has 0 heterocycles. The molecule has 0 atom stereocenters. The zero-order valence-corrected chi connectivity index (χ0v) is 14.7. The van der Waals surface area contributed by atoms with E-state index in [1.807, 2.05) is 6.07 Å². The number of halogens is 1. The molecule has 0 bridgehead atoms. The number of nitrogens with zero attached hydrogens (tertiary/aromatic N) is 1. The van der Waals surface area contributed by atoms with Crippen molar-refractivity contribution >= 4 is 17.3 Å². The summed E-state index contributed by atoms with van der Waals surface area (Å²) < 4.78 is 0. The van der Waals surface area contributed by atoms with E-state index in [0.717, 1.165) is 30.2 Å². The fraction of sp³-hybridized carbons (Fsp3) is 0.647. The highest BCUT2D eigenvalue weighted by atomic mass is 35.5. The highest BCUT2D eigenvalue weighted by Gasteiger charge is 2.14. The molecule has 2 N–H and O–H groups in total. The highest BCUT2D eigenvalue weighted by Crippen LogP contribution is 2.28. The zero-order valence-electron chi connectivity index (χ0n) is 13.9. The van der Waals surface area contributed by atoms with Gasteiger partial charge in [-0.15, -0.1) is 0 Å². The van der Waals surface area contributed by atoms with Gasteiger partial charge < -0.3 is 15.3 Å². The van der Waals surface area contributed by atoms with Gasteiger partial charge in [0, 0.05) is 31.3 Å². The largest absolute Gasteiger partial charge is 0.396 e. The molecule has 21 heavy (non-hydrogen) atoms. The van der Waals surface area contributed by atoms with Gasteiger partial charge in [-0.1, -0.05) is 17.7 Å². The number of aliphatic hydroxyl groups is 1. The summed E-state index contributed by atoms with van der Waals surface area (Å²) in [6, 6.07) is 6.59. The highest BCUT2D eigenvalue weighted by molar-refractivity contribution is 6.33. The third kappa shape index (κ3) is 6.25. The Hall–Kier alpha value is -0.770. The minimum Gasteiger partial charge on any atom is -0.396 e. The summed E-state index contributed by atoms with van der Waals surface area (Å²) in [7, 11) is 0. The van der Waals surface area contributed by atoms with Gasteiger partial charge in [0.25, 0.3) is 0 Å². The number of benzene rings is 1. The Morgan fingerprint density at radius 3 is 2.43 bits per heavy atom. The molecule has 0 radical (unpaired) electrons. The maximum Gasteiger partial charge on any atom is 0.0642 e. The third-order valence-electron chi connectivity index (χ3n) is 3.32. The second kappa shape index (κ2) is 8.02. The third-order valence-corrected chi connectivity index (χ3v) is 3.63. The van der Waals surface area contributed by atoms with Gasteiger partial charge in [0.05, 0.1) is 10.7 Å². The number of nitrogens with one attached hydrogen (secondary N) is 1. The average Bonchev–Trinajstić information content (AvgIpc) is 2.37. The van der Waals surface area contributed by atoms with Crippen LogP contribution < -0.4 is 10.2 Å². The minimum atomic E-state index is 0.0935. The molecule has 4 heteroatoms. The lowest BCUT2D eigenvalue weighted by Gasteiger charge is -2.30. The van der Waals surface area contributed by atoms with Gasteiger partial charge in [-0.05, 0) is 58.7 Å². The molecule has 0 fully saturated rings.